The third-order valence-electron chi connectivity index (χ3n) is 5.73. The minimum absolute atomic E-state index is 0.0728. The number of carbonyl (C=O) groups excluding carboxylic acids is 1. The molecule has 0 bridgehead atoms. The number of rotatable bonds is 6. The molecule has 0 unspecified atom stereocenters. The van der Waals surface area contributed by atoms with Crippen molar-refractivity contribution < 1.29 is 22.9 Å². The number of carbonyl (C=O) groups is 1. The maximum atomic E-state index is 12.7. The van der Waals surface area contributed by atoms with Crippen LogP contribution in [-0.2, 0) is 12.7 Å². The molecule has 0 saturated carbocycles. The van der Waals surface area contributed by atoms with Gasteiger partial charge in [-0.15, -0.1) is 0 Å². The lowest BCUT2D eigenvalue weighted by Gasteiger charge is -2.35. The third kappa shape index (κ3) is 6.12. The first-order valence-corrected chi connectivity index (χ1v) is 10.8. The monoisotopic (exact) mass is 485 g/mol. The Hall–Kier alpha value is -3.99. The summed E-state index contributed by atoms with van der Waals surface area (Å²) < 4.78 is 38.0. The molecule has 3 aromatic rings. The Morgan fingerprint density at radius 2 is 1.63 bits per heavy atom. The van der Waals surface area contributed by atoms with E-state index in [2.05, 4.69) is 20.1 Å². The second kappa shape index (κ2) is 10.1. The van der Waals surface area contributed by atoms with E-state index in [0.717, 1.165) is 61.8 Å². The lowest BCUT2D eigenvalue weighted by molar-refractivity contribution is -0.384. The molecule has 1 aromatic heterocycles. The van der Waals surface area contributed by atoms with Crippen LogP contribution in [0, 0.1) is 10.1 Å². The summed E-state index contributed by atoms with van der Waals surface area (Å²) in [6.07, 6.45) is -2.94. The molecule has 1 saturated heterocycles. The van der Waals surface area contributed by atoms with Gasteiger partial charge in [0.05, 0.1) is 22.4 Å². The predicted octanol–water partition coefficient (Wildman–Crippen LogP) is 4.58. The van der Waals surface area contributed by atoms with Gasteiger partial charge in [-0.3, -0.25) is 19.8 Å². The number of pyridine rings is 1. The number of alkyl halides is 3. The average Bonchev–Trinajstić information content (AvgIpc) is 2.85. The number of benzene rings is 2. The normalized spacial score (nSPS) is 14.5. The van der Waals surface area contributed by atoms with Gasteiger partial charge in [-0.2, -0.15) is 13.2 Å². The molecule has 8 nitrogen and oxygen atoms in total. The zero-order valence-corrected chi connectivity index (χ0v) is 18.5. The molecule has 182 valence electrons. The highest BCUT2D eigenvalue weighted by atomic mass is 19.4. The average molecular weight is 485 g/mol. The minimum atomic E-state index is -4.45. The number of nitrogens with one attached hydrogen (secondary N) is 1. The fourth-order valence-electron chi connectivity index (χ4n) is 3.78. The van der Waals surface area contributed by atoms with Gasteiger partial charge in [-0.1, -0.05) is 12.1 Å². The van der Waals surface area contributed by atoms with Crippen LogP contribution in [0.25, 0.3) is 0 Å². The van der Waals surface area contributed by atoms with Gasteiger partial charge in [-0.25, -0.2) is 4.98 Å². The largest absolute Gasteiger partial charge is 0.416 e. The summed E-state index contributed by atoms with van der Waals surface area (Å²) in [5.74, 6) is 0.237. The maximum Gasteiger partial charge on any atom is 0.416 e. The number of anilines is 2. The van der Waals surface area contributed by atoms with E-state index in [1.54, 1.807) is 24.3 Å². The van der Waals surface area contributed by atoms with Crippen molar-refractivity contribution in [2.24, 2.45) is 0 Å². The van der Waals surface area contributed by atoms with Gasteiger partial charge in [-0.05, 0) is 42.0 Å². The van der Waals surface area contributed by atoms with E-state index in [1.807, 2.05) is 0 Å². The first-order valence-electron chi connectivity index (χ1n) is 10.8. The van der Waals surface area contributed by atoms with E-state index in [4.69, 9.17) is 0 Å². The van der Waals surface area contributed by atoms with Gasteiger partial charge in [0, 0.05) is 50.4 Å². The quantitative estimate of drug-likeness (QED) is 0.406. The highest BCUT2D eigenvalue weighted by molar-refractivity contribution is 6.04. The van der Waals surface area contributed by atoms with Gasteiger partial charge < -0.3 is 10.2 Å². The van der Waals surface area contributed by atoms with E-state index in [1.165, 1.54) is 18.3 Å². The Balaban J connectivity index is 1.28. The Labute approximate surface area is 199 Å². The Kier molecular flexibility index (Phi) is 6.97. The van der Waals surface area contributed by atoms with Crippen LogP contribution in [0.15, 0.2) is 66.9 Å². The number of non-ortho nitro benzene ring substituents is 1. The summed E-state index contributed by atoms with van der Waals surface area (Å²) in [5.41, 5.74) is 0.827. The summed E-state index contributed by atoms with van der Waals surface area (Å²) in [5, 5.41) is 13.4. The number of piperazine rings is 1. The molecule has 0 radical (unpaired) electrons. The van der Waals surface area contributed by atoms with Crippen LogP contribution < -0.4 is 10.2 Å². The second-order valence-electron chi connectivity index (χ2n) is 8.12. The summed E-state index contributed by atoms with van der Waals surface area (Å²) in [4.78, 5) is 31.5. The van der Waals surface area contributed by atoms with Gasteiger partial charge in [0.15, 0.2) is 0 Å². The maximum absolute atomic E-state index is 12.7. The number of nitro groups is 1. The fourth-order valence-corrected chi connectivity index (χ4v) is 3.78. The van der Waals surface area contributed by atoms with Crippen molar-refractivity contribution in [1.29, 1.82) is 0 Å². The van der Waals surface area contributed by atoms with Crippen molar-refractivity contribution in [1.82, 2.24) is 9.88 Å². The molecule has 1 aliphatic rings. The minimum Gasteiger partial charge on any atom is -0.354 e. The van der Waals surface area contributed by atoms with E-state index in [0.29, 0.717) is 12.2 Å². The number of aromatic nitrogens is 1. The van der Waals surface area contributed by atoms with E-state index < -0.39 is 22.6 Å². The van der Waals surface area contributed by atoms with Crippen molar-refractivity contribution in [2.75, 3.05) is 36.4 Å². The molecule has 1 fully saturated rings. The van der Waals surface area contributed by atoms with Gasteiger partial charge in [0.2, 0.25) is 0 Å². The number of hydrogen-bond donors (Lipinski definition) is 1. The molecule has 35 heavy (non-hydrogen) atoms. The van der Waals surface area contributed by atoms with Crippen LogP contribution >= 0.6 is 0 Å². The standard InChI is InChI=1S/C24H22F3N5O3/c25-24(26,27)19-5-3-18(4-6-19)23(33)29-20-7-10-22(28-15-20)31-13-11-30(12-14-31)16-17-1-8-21(9-2-17)32(34)35/h1-10,15H,11-14,16H2,(H,29,33). The van der Waals surface area contributed by atoms with Crippen molar-refractivity contribution in [3.63, 3.8) is 0 Å². The number of halogens is 3. The third-order valence-corrected chi connectivity index (χ3v) is 5.73. The number of hydrogen-bond acceptors (Lipinski definition) is 6. The smallest absolute Gasteiger partial charge is 0.354 e. The van der Waals surface area contributed by atoms with Crippen LogP contribution in [0.2, 0.25) is 0 Å². The van der Waals surface area contributed by atoms with Crippen LogP contribution in [0.4, 0.5) is 30.4 Å². The lowest BCUT2D eigenvalue weighted by Crippen LogP contribution is -2.46. The van der Waals surface area contributed by atoms with Gasteiger partial charge in [0.25, 0.3) is 11.6 Å². The molecule has 0 spiro atoms. The van der Waals surface area contributed by atoms with Gasteiger partial charge in [0.1, 0.15) is 5.82 Å². The number of amides is 1. The molecule has 1 N–H and O–H groups in total. The predicted molar refractivity (Wildman–Crippen MR) is 124 cm³/mol. The van der Waals surface area contributed by atoms with E-state index in [-0.39, 0.29) is 11.3 Å². The fraction of sp³-hybridized carbons (Fsp3) is 0.250. The van der Waals surface area contributed by atoms with Crippen LogP contribution in [0.3, 0.4) is 0 Å². The van der Waals surface area contributed by atoms with Gasteiger partial charge >= 0.3 is 6.18 Å². The summed E-state index contributed by atoms with van der Waals surface area (Å²) in [7, 11) is 0. The molecule has 4 rings (SSSR count). The van der Waals surface area contributed by atoms with Crippen molar-refractivity contribution in [2.45, 2.75) is 12.7 Å². The molecule has 1 amide bonds. The SMILES string of the molecule is O=C(Nc1ccc(N2CCN(Cc3ccc([N+](=O)[O-])cc3)CC2)nc1)c1ccc(C(F)(F)F)cc1. The molecule has 2 aromatic carbocycles. The molecule has 0 atom stereocenters. The Bertz CT molecular complexity index is 1180. The molecule has 2 heterocycles. The highest BCUT2D eigenvalue weighted by Gasteiger charge is 2.30. The highest BCUT2D eigenvalue weighted by Crippen LogP contribution is 2.29. The summed E-state index contributed by atoms with van der Waals surface area (Å²) >= 11 is 0. The first kappa shape index (κ1) is 24.1. The zero-order chi connectivity index (χ0) is 25.0. The summed E-state index contributed by atoms with van der Waals surface area (Å²) in [6, 6.07) is 14.1. The molecule has 11 heteroatoms. The molecule has 1 aliphatic heterocycles. The lowest BCUT2D eigenvalue weighted by atomic mass is 10.1. The van der Waals surface area contributed by atoms with E-state index >= 15 is 0 Å². The van der Waals surface area contributed by atoms with E-state index in [9.17, 15) is 28.1 Å². The topological polar surface area (TPSA) is 91.6 Å². The molecule has 0 aliphatic carbocycles. The van der Waals surface area contributed by atoms with Crippen LogP contribution in [0.1, 0.15) is 21.5 Å². The van der Waals surface area contributed by atoms with Crippen molar-refractivity contribution in [3.05, 3.63) is 93.7 Å². The number of nitro benzene ring substituents is 1. The van der Waals surface area contributed by atoms with Crippen LogP contribution in [0.5, 0.6) is 0 Å². The summed E-state index contributed by atoms with van der Waals surface area (Å²) in [6.45, 7) is 3.79. The van der Waals surface area contributed by atoms with Crippen molar-refractivity contribution >= 4 is 23.1 Å². The molecular weight excluding hydrogens is 463 g/mol. The Morgan fingerprint density at radius 3 is 2.17 bits per heavy atom. The number of nitrogens with zero attached hydrogens (tertiary/aromatic N) is 4. The zero-order valence-electron chi connectivity index (χ0n) is 18.5. The van der Waals surface area contributed by atoms with Crippen LogP contribution in [-0.4, -0.2) is 46.9 Å². The second-order valence-corrected chi connectivity index (χ2v) is 8.12. The Morgan fingerprint density at radius 1 is 0.971 bits per heavy atom. The molecular formula is C24H22F3N5O3. The van der Waals surface area contributed by atoms with Crippen molar-refractivity contribution in [3.8, 4) is 0 Å². The first-order chi connectivity index (χ1) is 16.7.